The summed E-state index contributed by atoms with van der Waals surface area (Å²) in [5.74, 6) is 0. The number of ether oxygens (including phenoxy) is 2. The van der Waals surface area contributed by atoms with Crippen LogP contribution in [0.4, 0.5) is 0 Å². The minimum Gasteiger partial charge on any atom is -0.376 e. The molecule has 0 aliphatic carbocycles. The maximum atomic E-state index is 5.54. The molecule has 1 aliphatic rings. The first-order valence-corrected chi connectivity index (χ1v) is 6.33. The van der Waals surface area contributed by atoms with Gasteiger partial charge in [-0.05, 0) is 13.0 Å². The van der Waals surface area contributed by atoms with Crippen molar-refractivity contribution in [3.63, 3.8) is 0 Å². The van der Waals surface area contributed by atoms with Gasteiger partial charge in [-0.1, -0.05) is 32.6 Å². The molecule has 15 heavy (non-hydrogen) atoms. The normalized spacial score (nSPS) is 21.8. The van der Waals surface area contributed by atoms with Gasteiger partial charge in [0.05, 0.1) is 25.9 Å². The third-order valence-corrected chi connectivity index (χ3v) is 2.71. The standard InChI is InChI=1S/C12H25NO2/c1-2-3-4-5-6-7-13-10-12-11-14-8-9-15-12/h12-13H,2-11H2,1H3. The molecule has 0 bridgehead atoms. The van der Waals surface area contributed by atoms with Crippen molar-refractivity contribution in [2.45, 2.75) is 45.1 Å². The lowest BCUT2D eigenvalue weighted by Crippen LogP contribution is -2.37. The molecule has 0 spiro atoms. The van der Waals surface area contributed by atoms with Crippen LogP contribution in [0.2, 0.25) is 0 Å². The largest absolute Gasteiger partial charge is 0.376 e. The van der Waals surface area contributed by atoms with Crippen LogP contribution >= 0.6 is 0 Å². The summed E-state index contributed by atoms with van der Waals surface area (Å²) in [6.45, 7) is 6.56. The summed E-state index contributed by atoms with van der Waals surface area (Å²) in [5, 5.41) is 3.43. The van der Waals surface area contributed by atoms with Gasteiger partial charge in [-0.3, -0.25) is 0 Å². The molecule has 0 aromatic heterocycles. The van der Waals surface area contributed by atoms with E-state index in [4.69, 9.17) is 9.47 Å². The minimum atomic E-state index is 0.273. The molecule has 3 heteroatoms. The molecule has 90 valence electrons. The van der Waals surface area contributed by atoms with Crippen molar-refractivity contribution >= 4 is 0 Å². The molecule has 1 unspecified atom stereocenters. The lowest BCUT2D eigenvalue weighted by molar-refractivity contribution is -0.0863. The van der Waals surface area contributed by atoms with Crippen molar-refractivity contribution < 1.29 is 9.47 Å². The Bertz CT molecular complexity index is 136. The first kappa shape index (κ1) is 12.9. The van der Waals surface area contributed by atoms with Crippen LogP contribution in [0.15, 0.2) is 0 Å². The fraction of sp³-hybridized carbons (Fsp3) is 1.00. The Labute approximate surface area is 93.5 Å². The van der Waals surface area contributed by atoms with E-state index in [1.54, 1.807) is 0 Å². The molecule has 1 N–H and O–H groups in total. The minimum absolute atomic E-state index is 0.273. The van der Waals surface area contributed by atoms with Crippen LogP contribution in [0.3, 0.4) is 0 Å². The zero-order chi connectivity index (χ0) is 10.8. The molecule has 1 atom stereocenters. The van der Waals surface area contributed by atoms with E-state index in [1.165, 1.54) is 32.1 Å². The number of hydrogen-bond donors (Lipinski definition) is 1. The van der Waals surface area contributed by atoms with Gasteiger partial charge in [0, 0.05) is 6.54 Å². The van der Waals surface area contributed by atoms with Gasteiger partial charge in [0.15, 0.2) is 0 Å². The summed E-state index contributed by atoms with van der Waals surface area (Å²) in [5.41, 5.74) is 0. The third kappa shape index (κ3) is 6.88. The summed E-state index contributed by atoms with van der Waals surface area (Å²) in [6, 6.07) is 0. The Morgan fingerprint density at radius 2 is 2.00 bits per heavy atom. The van der Waals surface area contributed by atoms with Gasteiger partial charge >= 0.3 is 0 Å². The van der Waals surface area contributed by atoms with Gasteiger partial charge in [-0.25, -0.2) is 0 Å². The van der Waals surface area contributed by atoms with Crippen LogP contribution in [-0.2, 0) is 9.47 Å². The van der Waals surface area contributed by atoms with Gasteiger partial charge in [0.1, 0.15) is 0 Å². The Hall–Kier alpha value is -0.120. The fourth-order valence-corrected chi connectivity index (χ4v) is 1.77. The highest BCUT2D eigenvalue weighted by Crippen LogP contribution is 2.02. The molecule has 3 nitrogen and oxygen atoms in total. The topological polar surface area (TPSA) is 30.5 Å². The molecule has 1 heterocycles. The molecule has 0 radical (unpaired) electrons. The Kier molecular flexibility index (Phi) is 7.88. The summed E-state index contributed by atoms with van der Waals surface area (Å²) in [6.07, 6.45) is 6.98. The Balaban J connectivity index is 1.79. The zero-order valence-electron chi connectivity index (χ0n) is 9.96. The molecule has 0 amide bonds. The van der Waals surface area contributed by atoms with Crippen molar-refractivity contribution in [1.29, 1.82) is 0 Å². The van der Waals surface area contributed by atoms with Crippen LogP contribution in [0, 0.1) is 0 Å². The molecule has 0 aromatic rings. The van der Waals surface area contributed by atoms with Crippen LogP contribution in [-0.4, -0.2) is 39.0 Å². The summed E-state index contributed by atoms with van der Waals surface area (Å²) >= 11 is 0. The first-order valence-electron chi connectivity index (χ1n) is 6.33. The zero-order valence-corrected chi connectivity index (χ0v) is 9.96. The van der Waals surface area contributed by atoms with E-state index in [-0.39, 0.29) is 6.10 Å². The molecule has 1 rings (SSSR count). The molecule has 1 saturated heterocycles. The van der Waals surface area contributed by atoms with Crippen LogP contribution in [0.1, 0.15) is 39.0 Å². The number of hydrogen-bond acceptors (Lipinski definition) is 3. The molecule has 1 aliphatic heterocycles. The van der Waals surface area contributed by atoms with Gasteiger partial charge < -0.3 is 14.8 Å². The average Bonchev–Trinajstić information content (AvgIpc) is 2.29. The van der Waals surface area contributed by atoms with E-state index < -0.39 is 0 Å². The fourth-order valence-electron chi connectivity index (χ4n) is 1.77. The van der Waals surface area contributed by atoms with Gasteiger partial charge in [0.25, 0.3) is 0 Å². The van der Waals surface area contributed by atoms with Crippen molar-refractivity contribution in [2.75, 3.05) is 32.9 Å². The second-order valence-corrected chi connectivity index (χ2v) is 4.19. The first-order chi connectivity index (χ1) is 7.43. The van der Waals surface area contributed by atoms with Crippen molar-refractivity contribution in [1.82, 2.24) is 5.32 Å². The monoisotopic (exact) mass is 215 g/mol. The summed E-state index contributed by atoms with van der Waals surface area (Å²) in [7, 11) is 0. The Morgan fingerprint density at radius 3 is 2.73 bits per heavy atom. The molecule has 0 aromatic carbocycles. The van der Waals surface area contributed by atoms with Gasteiger partial charge in [-0.15, -0.1) is 0 Å². The van der Waals surface area contributed by atoms with E-state index in [1.807, 2.05) is 0 Å². The van der Waals surface area contributed by atoms with E-state index >= 15 is 0 Å². The van der Waals surface area contributed by atoms with Crippen LogP contribution in [0.25, 0.3) is 0 Å². The SMILES string of the molecule is CCCCCCCNCC1COCCO1. The van der Waals surface area contributed by atoms with E-state index in [9.17, 15) is 0 Å². The van der Waals surface area contributed by atoms with Gasteiger partial charge in [0.2, 0.25) is 0 Å². The van der Waals surface area contributed by atoms with E-state index in [0.29, 0.717) is 0 Å². The third-order valence-electron chi connectivity index (χ3n) is 2.71. The second-order valence-electron chi connectivity index (χ2n) is 4.19. The van der Waals surface area contributed by atoms with Crippen LogP contribution < -0.4 is 5.32 Å². The van der Waals surface area contributed by atoms with E-state index in [0.717, 1.165) is 32.9 Å². The molecular formula is C12H25NO2. The van der Waals surface area contributed by atoms with Gasteiger partial charge in [-0.2, -0.15) is 0 Å². The maximum absolute atomic E-state index is 5.54. The highest BCUT2D eigenvalue weighted by Gasteiger charge is 2.12. The van der Waals surface area contributed by atoms with E-state index in [2.05, 4.69) is 12.2 Å². The molecule has 0 saturated carbocycles. The second kappa shape index (κ2) is 9.13. The van der Waals surface area contributed by atoms with Crippen molar-refractivity contribution in [3.8, 4) is 0 Å². The van der Waals surface area contributed by atoms with Crippen molar-refractivity contribution in [2.24, 2.45) is 0 Å². The smallest absolute Gasteiger partial charge is 0.0933 e. The Morgan fingerprint density at radius 1 is 1.13 bits per heavy atom. The summed E-state index contributed by atoms with van der Waals surface area (Å²) < 4.78 is 10.9. The average molecular weight is 215 g/mol. The quantitative estimate of drug-likeness (QED) is 0.628. The number of rotatable bonds is 8. The van der Waals surface area contributed by atoms with Crippen molar-refractivity contribution in [3.05, 3.63) is 0 Å². The highest BCUT2D eigenvalue weighted by atomic mass is 16.6. The maximum Gasteiger partial charge on any atom is 0.0933 e. The highest BCUT2D eigenvalue weighted by molar-refractivity contribution is 4.63. The predicted molar refractivity (Wildman–Crippen MR) is 62.2 cm³/mol. The summed E-state index contributed by atoms with van der Waals surface area (Å²) in [4.78, 5) is 0. The molecular weight excluding hydrogens is 190 g/mol. The lowest BCUT2D eigenvalue weighted by Gasteiger charge is -2.23. The lowest BCUT2D eigenvalue weighted by atomic mass is 10.1. The molecule has 1 fully saturated rings. The predicted octanol–water partition coefficient (Wildman–Crippen LogP) is 1.96. The number of nitrogens with one attached hydrogen (secondary N) is 1. The van der Waals surface area contributed by atoms with Crippen LogP contribution in [0.5, 0.6) is 0 Å². The number of unbranched alkanes of at least 4 members (excludes halogenated alkanes) is 4.